The van der Waals surface area contributed by atoms with Crippen LogP contribution >= 0.6 is 0 Å². The Hall–Kier alpha value is -3.92. The maximum atomic E-state index is 4.75. The van der Waals surface area contributed by atoms with Crippen LogP contribution in [0.2, 0.25) is 0 Å². The molecule has 0 unspecified atom stereocenters. The molecule has 5 rings (SSSR count). The first-order chi connectivity index (χ1) is 17.0. The highest BCUT2D eigenvalue weighted by atomic mass is 14.9. The average Bonchev–Trinajstić information content (AvgIpc) is 3.41. The molecule has 0 bridgehead atoms. The largest absolute Gasteiger partial charge is 0.338 e. The second-order valence-corrected chi connectivity index (χ2v) is 11.5. The SMILES string of the molecule is CC(C)(C)c1ccc(C=Cc2nc3cc4nc(C=Cc5ccc(C(C)(C)C)cc5)[nH]c4cc3[nH]2)cc1. The van der Waals surface area contributed by atoms with E-state index in [0.717, 1.165) is 44.8 Å². The van der Waals surface area contributed by atoms with Crippen molar-refractivity contribution in [3.05, 3.63) is 94.6 Å². The molecule has 0 atom stereocenters. The van der Waals surface area contributed by atoms with Crippen molar-refractivity contribution in [2.45, 2.75) is 52.4 Å². The van der Waals surface area contributed by atoms with Crippen LogP contribution in [0.25, 0.3) is 46.4 Å². The Morgan fingerprint density at radius 1 is 0.528 bits per heavy atom. The van der Waals surface area contributed by atoms with Gasteiger partial charge in [0.25, 0.3) is 0 Å². The van der Waals surface area contributed by atoms with Crippen molar-refractivity contribution in [1.29, 1.82) is 0 Å². The number of nitrogens with zero attached hydrogens (tertiary/aromatic N) is 2. The summed E-state index contributed by atoms with van der Waals surface area (Å²) in [7, 11) is 0. The Balaban J connectivity index is 1.33. The second kappa shape index (κ2) is 8.94. The number of rotatable bonds is 4. The highest BCUT2D eigenvalue weighted by molar-refractivity contribution is 5.93. The zero-order valence-corrected chi connectivity index (χ0v) is 22.0. The van der Waals surface area contributed by atoms with E-state index in [4.69, 9.17) is 9.97 Å². The van der Waals surface area contributed by atoms with Gasteiger partial charge in [0.1, 0.15) is 11.6 Å². The lowest BCUT2D eigenvalue weighted by molar-refractivity contribution is 0.590. The highest BCUT2D eigenvalue weighted by Crippen LogP contribution is 2.25. The Kier molecular flexibility index (Phi) is 5.91. The maximum absolute atomic E-state index is 4.75. The topological polar surface area (TPSA) is 57.4 Å². The Morgan fingerprint density at radius 2 is 0.917 bits per heavy atom. The van der Waals surface area contributed by atoms with E-state index in [9.17, 15) is 0 Å². The van der Waals surface area contributed by atoms with Crippen LogP contribution in [-0.4, -0.2) is 19.9 Å². The summed E-state index contributed by atoms with van der Waals surface area (Å²) in [6.07, 6.45) is 8.22. The standard InChI is InChI=1S/C32H34N4/c1-31(2,3)23-13-7-21(8-14-23)11-17-29-33-25-19-27-28(20-26(25)34-29)36-30(35-27)18-12-22-9-15-24(16-10-22)32(4,5)6/h7-20H,1-6H3,(H,33,34)(H,35,36). The Morgan fingerprint density at radius 3 is 1.28 bits per heavy atom. The van der Waals surface area contributed by atoms with Crippen LogP contribution in [0.5, 0.6) is 0 Å². The monoisotopic (exact) mass is 474 g/mol. The fourth-order valence-corrected chi connectivity index (χ4v) is 4.25. The van der Waals surface area contributed by atoms with Gasteiger partial charge in [-0.25, -0.2) is 9.97 Å². The summed E-state index contributed by atoms with van der Waals surface area (Å²) in [6, 6.07) is 21.5. The summed E-state index contributed by atoms with van der Waals surface area (Å²) >= 11 is 0. The van der Waals surface area contributed by atoms with Gasteiger partial charge in [-0.1, -0.05) is 102 Å². The number of H-pyrrole nitrogens is 2. The molecule has 0 amide bonds. The normalized spacial score (nSPS) is 13.1. The number of hydrogen-bond donors (Lipinski definition) is 2. The number of imidazole rings is 2. The van der Waals surface area contributed by atoms with E-state index < -0.39 is 0 Å². The zero-order valence-electron chi connectivity index (χ0n) is 22.0. The average molecular weight is 475 g/mol. The van der Waals surface area contributed by atoms with Crippen molar-refractivity contribution in [1.82, 2.24) is 19.9 Å². The lowest BCUT2D eigenvalue weighted by atomic mass is 9.87. The summed E-state index contributed by atoms with van der Waals surface area (Å²) in [5.74, 6) is 1.66. The molecular weight excluding hydrogens is 440 g/mol. The lowest BCUT2D eigenvalue weighted by Crippen LogP contribution is -2.10. The van der Waals surface area contributed by atoms with Gasteiger partial charge in [-0.2, -0.15) is 0 Å². The molecule has 2 N–H and O–H groups in total. The Bertz CT molecular complexity index is 1390. The minimum atomic E-state index is 0.158. The summed E-state index contributed by atoms with van der Waals surface area (Å²) in [5.41, 5.74) is 9.08. The second-order valence-electron chi connectivity index (χ2n) is 11.5. The third kappa shape index (κ3) is 5.18. The molecule has 5 aromatic rings. The minimum absolute atomic E-state index is 0.158. The van der Waals surface area contributed by atoms with Crippen molar-refractivity contribution >= 4 is 46.4 Å². The van der Waals surface area contributed by atoms with E-state index in [0.29, 0.717) is 0 Å². The van der Waals surface area contributed by atoms with Crippen molar-refractivity contribution < 1.29 is 0 Å². The van der Waals surface area contributed by atoms with E-state index in [-0.39, 0.29) is 10.8 Å². The van der Waals surface area contributed by atoms with Crippen molar-refractivity contribution in [2.24, 2.45) is 0 Å². The Labute approximate surface area is 213 Å². The van der Waals surface area contributed by atoms with Gasteiger partial charge in [0.15, 0.2) is 0 Å². The number of aromatic amines is 2. The van der Waals surface area contributed by atoms with Gasteiger partial charge >= 0.3 is 0 Å². The minimum Gasteiger partial charge on any atom is -0.338 e. The number of hydrogen-bond acceptors (Lipinski definition) is 2. The van der Waals surface area contributed by atoms with E-state index in [1.807, 2.05) is 18.2 Å². The molecule has 4 nitrogen and oxygen atoms in total. The molecule has 0 fully saturated rings. The maximum Gasteiger partial charge on any atom is 0.131 e. The van der Waals surface area contributed by atoms with E-state index in [1.54, 1.807) is 0 Å². The number of aromatic nitrogens is 4. The zero-order chi connectivity index (χ0) is 25.5. The first-order valence-corrected chi connectivity index (χ1v) is 12.5. The third-order valence-corrected chi connectivity index (χ3v) is 6.54. The van der Waals surface area contributed by atoms with Gasteiger partial charge in [-0.05, 0) is 57.4 Å². The lowest BCUT2D eigenvalue weighted by Gasteiger charge is -2.18. The summed E-state index contributed by atoms with van der Waals surface area (Å²) in [4.78, 5) is 16.3. The molecule has 182 valence electrons. The van der Waals surface area contributed by atoms with Crippen LogP contribution < -0.4 is 0 Å². The fourth-order valence-electron chi connectivity index (χ4n) is 4.25. The molecule has 0 saturated heterocycles. The fraction of sp³-hybridized carbons (Fsp3) is 0.250. The number of fused-ring (bicyclic) bond motifs is 2. The van der Waals surface area contributed by atoms with E-state index >= 15 is 0 Å². The third-order valence-electron chi connectivity index (χ3n) is 6.54. The van der Waals surface area contributed by atoms with Crippen molar-refractivity contribution in [3.8, 4) is 0 Å². The van der Waals surface area contributed by atoms with Gasteiger partial charge in [-0.3, -0.25) is 0 Å². The molecule has 0 radical (unpaired) electrons. The molecule has 0 aliphatic carbocycles. The highest BCUT2D eigenvalue weighted by Gasteiger charge is 2.13. The van der Waals surface area contributed by atoms with Crippen LogP contribution in [0, 0.1) is 0 Å². The van der Waals surface area contributed by atoms with Crippen molar-refractivity contribution in [2.75, 3.05) is 0 Å². The van der Waals surface area contributed by atoms with Crippen LogP contribution in [-0.2, 0) is 10.8 Å². The van der Waals surface area contributed by atoms with Gasteiger partial charge in [0.05, 0.1) is 22.1 Å². The van der Waals surface area contributed by atoms with E-state index in [1.165, 1.54) is 11.1 Å². The van der Waals surface area contributed by atoms with Gasteiger partial charge < -0.3 is 9.97 Å². The number of benzene rings is 3. The number of nitrogens with one attached hydrogen (secondary N) is 2. The van der Waals surface area contributed by atoms with Crippen LogP contribution in [0.3, 0.4) is 0 Å². The molecule has 2 aromatic heterocycles. The molecule has 0 aliphatic rings. The molecule has 36 heavy (non-hydrogen) atoms. The van der Waals surface area contributed by atoms with Crippen molar-refractivity contribution in [3.63, 3.8) is 0 Å². The van der Waals surface area contributed by atoms with E-state index in [2.05, 4.69) is 118 Å². The molecule has 0 aliphatic heterocycles. The van der Waals surface area contributed by atoms with Gasteiger partial charge in [0.2, 0.25) is 0 Å². The molecule has 0 spiro atoms. The smallest absolute Gasteiger partial charge is 0.131 e. The predicted molar refractivity (Wildman–Crippen MR) is 154 cm³/mol. The predicted octanol–water partition coefficient (Wildman–Crippen LogP) is 8.38. The summed E-state index contributed by atoms with van der Waals surface area (Å²) in [5, 5.41) is 0. The molecular formula is C32H34N4. The first-order valence-electron chi connectivity index (χ1n) is 12.5. The summed E-state index contributed by atoms with van der Waals surface area (Å²) < 4.78 is 0. The molecule has 2 heterocycles. The molecule has 3 aromatic carbocycles. The van der Waals surface area contributed by atoms with Crippen LogP contribution in [0.4, 0.5) is 0 Å². The van der Waals surface area contributed by atoms with Gasteiger partial charge in [0, 0.05) is 0 Å². The summed E-state index contributed by atoms with van der Waals surface area (Å²) in [6.45, 7) is 13.4. The van der Waals surface area contributed by atoms with Crippen LogP contribution in [0.1, 0.15) is 75.4 Å². The molecule has 4 heteroatoms. The first kappa shape index (κ1) is 23.8. The molecule has 0 saturated carbocycles. The quantitative estimate of drug-likeness (QED) is 0.275. The van der Waals surface area contributed by atoms with Crippen LogP contribution in [0.15, 0.2) is 60.7 Å². The van der Waals surface area contributed by atoms with Gasteiger partial charge in [-0.15, -0.1) is 0 Å².